The first-order valence-corrected chi connectivity index (χ1v) is 8.18. The van der Waals surface area contributed by atoms with Crippen molar-refractivity contribution in [1.29, 1.82) is 0 Å². The van der Waals surface area contributed by atoms with Crippen molar-refractivity contribution in [1.82, 2.24) is 14.9 Å². The van der Waals surface area contributed by atoms with Crippen LogP contribution in [0.1, 0.15) is 17.7 Å². The van der Waals surface area contributed by atoms with Gasteiger partial charge >= 0.3 is 0 Å². The summed E-state index contributed by atoms with van der Waals surface area (Å²) in [5.74, 6) is 2.36. The Morgan fingerprint density at radius 2 is 1.83 bits per heavy atom. The average molecular weight is 329 g/mol. The van der Waals surface area contributed by atoms with Crippen molar-refractivity contribution in [3.05, 3.63) is 41.6 Å². The summed E-state index contributed by atoms with van der Waals surface area (Å²) in [5, 5.41) is 6.64. The summed E-state index contributed by atoms with van der Waals surface area (Å²) >= 11 is 0. The first kappa shape index (κ1) is 18.0. The number of hydrogen-bond acceptors (Lipinski definition) is 6. The minimum Gasteiger partial charge on any atom is -0.497 e. The maximum absolute atomic E-state index is 5.17. The molecule has 2 aromatic rings. The Morgan fingerprint density at radius 1 is 1.08 bits per heavy atom. The van der Waals surface area contributed by atoms with Gasteiger partial charge in [-0.3, -0.25) is 0 Å². The summed E-state index contributed by atoms with van der Waals surface area (Å²) in [5.41, 5.74) is 2.12. The number of benzene rings is 1. The Bertz CT molecular complexity index is 628. The lowest BCUT2D eigenvalue weighted by atomic mass is 10.2. The molecule has 1 aromatic heterocycles. The Balaban J connectivity index is 1.89. The zero-order chi connectivity index (χ0) is 17.4. The molecule has 0 aliphatic heterocycles. The molecule has 0 fully saturated rings. The van der Waals surface area contributed by atoms with Gasteiger partial charge in [0.2, 0.25) is 5.95 Å². The standard InChI is InChI=1S/C18H27N5O/c1-14-12-17(20-13-15-6-8-16(24-4)9-7-15)22-18(21-14)19-10-5-11-23(2)3/h6-9,12H,5,10-11,13H2,1-4H3,(H2,19,20,21,22). The van der Waals surface area contributed by atoms with Crippen LogP contribution in [0, 0.1) is 6.92 Å². The Hall–Kier alpha value is -2.34. The van der Waals surface area contributed by atoms with Crippen LogP contribution in [0.5, 0.6) is 5.75 Å². The molecule has 0 atom stereocenters. The van der Waals surface area contributed by atoms with Crippen LogP contribution in [-0.2, 0) is 6.54 Å². The van der Waals surface area contributed by atoms with Gasteiger partial charge in [0.25, 0.3) is 0 Å². The minimum atomic E-state index is 0.672. The van der Waals surface area contributed by atoms with E-state index < -0.39 is 0 Å². The molecule has 6 heteroatoms. The number of aryl methyl sites for hydroxylation is 1. The first-order chi connectivity index (χ1) is 11.6. The maximum atomic E-state index is 5.17. The molecule has 0 saturated carbocycles. The van der Waals surface area contributed by atoms with Crippen LogP contribution in [0.3, 0.4) is 0 Å². The highest BCUT2D eigenvalue weighted by Gasteiger charge is 2.03. The van der Waals surface area contributed by atoms with Gasteiger partial charge in [-0.15, -0.1) is 0 Å². The third-order valence-corrected chi connectivity index (χ3v) is 3.55. The van der Waals surface area contributed by atoms with E-state index in [0.717, 1.165) is 36.8 Å². The lowest BCUT2D eigenvalue weighted by Gasteiger charge is -2.12. The van der Waals surface area contributed by atoms with E-state index >= 15 is 0 Å². The molecular weight excluding hydrogens is 302 g/mol. The molecule has 0 radical (unpaired) electrons. The van der Waals surface area contributed by atoms with Crippen LogP contribution >= 0.6 is 0 Å². The fourth-order valence-corrected chi connectivity index (χ4v) is 2.27. The summed E-state index contributed by atoms with van der Waals surface area (Å²) in [4.78, 5) is 11.1. The average Bonchev–Trinajstić information content (AvgIpc) is 2.57. The number of hydrogen-bond donors (Lipinski definition) is 2. The molecule has 1 aromatic carbocycles. The first-order valence-electron chi connectivity index (χ1n) is 8.18. The molecule has 0 aliphatic rings. The Morgan fingerprint density at radius 3 is 2.50 bits per heavy atom. The van der Waals surface area contributed by atoms with Crippen LogP contribution in [0.15, 0.2) is 30.3 Å². The molecule has 130 valence electrons. The number of aromatic nitrogens is 2. The molecule has 0 aliphatic carbocycles. The van der Waals surface area contributed by atoms with Gasteiger partial charge in [0, 0.05) is 24.8 Å². The van der Waals surface area contributed by atoms with Gasteiger partial charge in [-0.05, 0) is 51.7 Å². The molecule has 0 amide bonds. The maximum Gasteiger partial charge on any atom is 0.224 e. The van der Waals surface area contributed by atoms with Gasteiger partial charge < -0.3 is 20.3 Å². The zero-order valence-electron chi connectivity index (χ0n) is 15.0. The number of anilines is 2. The summed E-state index contributed by atoms with van der Waals surface area (Å²) in [6.45, 7) is 4.59. The number of methoxy groups -OCH3 is 1. The van der Waals surface area contributed by atoms with E-state index in [4.69, 9.17) is 4.74 Å². The van der Waals surface area contributed by atoms with E-state index in [-0.39, 0.29) is 0 Å². The highest BCUT2D eigenvalue weighted by Crippen LogP contribution is 2.14. The molecule has 0 saturated heterocycles. The van der Waals surface area contributed by atoms with Crippen molar-refractivity contribution < 1.29 is 4.74 Å². The second-order valence-electron chi connectivity index (χ2n) is 6.00. The predicted octanol–water partition coefficient (Wildman–Crippen LogP) is 2.77. The lowest BCUT2D eigenvalue weighted by Crippen LogP contribution is -2.17. The topological polar surface area (TPSA) is 62.3 Å². The van der Waals surface area contributed by atoms with Crippen molar-refractivity contribution in [3.63, 3.8) is 0 Å². The fourth-order valence-electron chi connectivity index (χ4n) is 2.27. The molecular formula is C18H27N5O. The van der Waals surface area contributed by atoms with Crippen LogP contribution in [0.2, 0.25) is 0 Å². The molecule has 2 N–H and O–H groups in total. The Kier molecular flexibility index (Phi) is 6.81. The van der Waals surface area contributed by atoms with E-state index in [0.29, 0.717) is 12.5 Å². The van der Waals surface area contributed by atoms with Crippen LogP contribution < -0.4 is 15.4 Å². The van der Waals surface area contributed by atoms with E-state index in [2.05, 4.69) is 39.6 Å². The summed E-state index contributed by atoms with van der Waals surface area (Å²) < 4.78 is 5.17. The van der Waals surface area contributed by atoms with Crippen molar-refractivity contribution in [3.8, 4) is 5.75 Å². The molecule has 6 nitrogen and oxygen atoms in total. The van der Waals surface area contributed by atoms with Gasteiger partial charge in [-0.2, -0.15) is 4.98 Å². The summed E-state index contributed by atoms with van der Waals surface area (Å²) in [6.07, 6.45) is 1.05. The molecule has 24 heavy (non-hydrogen) atoms. The van der Waals surface area contributed by atoms with Crippen LogP contribution in [-0.4, -0.2) is 49.2 Å². The van der Waals surface area contributed by atoms with E-state index in [1.807, 2.05) is 37.3 Å². The zero-order valence-corrected chi connectivity index (χ0v) is 15.0. The van der Waals surface area contributed by atoms with Gasteiger partial charge in [0.1, 0.15) is 11.6 Å². The number of nitrogens with one attached hydrogen (secondary N) is 2. The van der Waals surface area contributed by atoms with Crippen LogP contribution in [0.4, 0.5) is 11.8 Å². The largest absolute Gasteiger partial charge is 0.497 e. The number of rotatable bonds is 9. The van der Waals surface area contributed by atoms with E-state index in [9.17, 15) is 0 Å². The third kappa shape index (κ3) is 6.04. The number of nitrogens with zero attached hydrogens (tertiary/aromatic N) is 3. The third-order valence-electron chi connectivity index (χ3n) is 3.55. The summed E-state index contributed by atoms with van der Waals surface area (Å²) in [6, 6.07) is 9.95. The molecule has 0 unspecified atom stereocenters. The van der Waals surface area contributed by atoms with E-state index in [1.165, 1.54) is 5.56 Å². The number of ether oxygens (including phenoxy) is 1. The highest BCUT2D eigenvalue weighted by molar-refractivity contribution is 5.43. The normalized spacial score (nSPS) is 10.7. The minimum absolute atomic E-state index is 0.672. The predicted molar refractivity (Wildman–Crippen MR) is 98.8 cm³/mol. The van der Waals surface area contributed by atoms with E-state index in [1.54, 1.807) is 7.11 Å². The molecule has 2 rings (SSSR count). The Labute approximate surface area is 144 Å². The van der Waals surface area contributed by atoms with Gasteiger partial charge in [0.05, 0.1) is 7.11 Å². The second-order valence-corrected chi connectivity index (χ2v) is 6.00. The molecule has 0 bridgehead atoms. The van der Waals surface area contributed by atoms with Gasteiger partial charge in [-0.25, -0.2) is 4.98 Å². The van der Waals surface area contributed by atoms with Crippen LogP contribution in [0.25, 0.3) is 0 Å². The monoisotopic (exact) mass is 329 g/mol. The highest BCUT2D eigenvalue weighted by atomic mass is 16.5. The fraction of sp³-hybridized carbons (Fsp3) is 0.444. The van der Waals surface area contributed by atoms with Crippen molar-refractivity contribution in [2.45, 2.75) is 19.9 Å². The molecule has 1 heterocycles. The van der Waals surface area contributed by atoms with Crippen molar-refractivity contribution in [2.75, 3.05) is 44.9 Å². The SMILES string of the molecule is COc1ccc(CNc2cc(C)nc(NCCCN(C)C)n2)cc1. The van der Waals surface area contributed by atoms with Crippen molar-refractivity contribution >= 4 is 11.8 Å². The van der Waals surface area contributed by atoms with Gasteiger partial charge in [-0.1, -0.05) is 12.1 Å². The smallest absolute Gasteiger partial charge is 0.224 e. The second kappa shape index (κ2) is 9.08. The van der Waals surface area contributed by atoms with Gasteiger partial charge in [0.15, 0.2) is 0 Å². The lowest BCUT2D eigenvalue weighted by molar-refractivity contribution is 0.405. The molecule has 0 spiro atoms. The van der Waals surface area contributed by atoms with Crippen molar-refractivity contribution in [2.24, 2.45) is 0 Å². The summed E-state index contributed by atoms with van der Waals surface area (Å²) in [7, 11) is 5.82. The quantitative estimate of drug-likeness (QED) is 0.690.